The normalized spacial score (nSPS) is 12.0. The van der Waals surface area contributed by atoms with Crippen LogP contribution in [-0.2, 0) is 0 Å². The van der Waals surface area contributed by atoms with Gasteiger partial charge in [0.15, 0.2) is 0 Å². The molecule has 2 heterocycles. The van der Waals surface area contributed by atoms with Crippen molar-refractivity contribution in [3.8, 4) is 11.3 Å². The summed E-state index contributed by atoms with van der Waals surface area (Å²) in [5.74, 6) is 0.882. The van der Waals surface area contributed by atoms with Gasteiger partial charge >= 0.3 is 5.69 Å². The van der Waals surface area contributed by atoms with E-state index in [1.165, 1.54) is 6.07 Å². The first-order chi connectivity index (χ1) is 13.0. The molecule has 0 unspecified atom stereocenters. The quantitative estimate of drug-likeness (QED) is 0.455. The molecule has 0 aliphatic carbocycles. The maximum absolute atomic E-state index is 11.5. The smallest absolute Gasteiger partial charge is 0.311 e. The third-order valence-corrected chi connectivity index (χ3v) is 4.45. The average molecular weight is 366 g/mol. The molecule has 0 bridgehead atoms. The molecule has 3 aromatic rings. The number of benzene rings is 1. The molecular weight excluding hydrogens is 344 g/mol. The van der Waals surface area contributed by atoms with Gasteiger partial charge in [-0.1, -0.05) is 48.8 Å². The van der Waals surface area contributed by atoms with E-state index in [1.807, 2.05) is 37.3 Å². The van der Waals surface area contributed by atoms with Gasteiger partial charge in [-0.15, -0.1) is 0 Å². The predicted octanol–water partition coefficient (Wildman–Crippen LogP) is 5.21. The van der Waals surface area contributed by atoms with Crippen LogP contribution in [0.3, 0.4) is 0 Å². The average Bonchev–Trinajstić information content (AvgIpc) is 3.00. The van der Waals surface area contributed by atoms with E-state index in [9.17, 15) is 10.1 Å². The molecule has 0 radical (unpaired) electrons. The number of anilines is 1. The monoisotopic (exact) mass is 366 g/mol. The van der Waals surface area contributed by atoms with Crippen LogP contribution in [0.15, 0.2) is 47.0 Å². The molecule has 7 heteroatoms. The Morgan fingerprint density at radius 3 is 2.52 bits per heavy atom. The molecule has 1 aromatic carbocycles. The maximum Gasteiger partial charge on any atom is 0.311 e. The van der Waals surface area contributed by atoms with Crippen molar-refractivity contribution in [2.45, 2.75) is 39.7 Å². The molecule has 27 heavy (non-hydrogen) atoms. The van der Waals surface area contributed by atoms with Crippen molar-refractivity contribution >= 4 is 11.5 Å². The summed E-state index contributed by atoms with van der Waals surface area (Å²) in [6.45, 7) is 5.71. The summed E-state index contributed by atoms with van der Waals surface area (Å²) in [7, 11) is 0. The number of nitrogens with zero attached hydrogens (tertiary/aromatic N) is 3. The van der Waals surface area contributed by atoms with Crippen molar-refractivity contribution in [2.24, 2.45) is 0 Å². The summed E-state index contributed by atoms with van der Waals surface area (Å²) in [6, 6.07) is 12.9. The fourth-order valence-electron chi connectivity index (χ4n) is 3.15. The second-order valence-corrected chi connectivity index (χ2v) is 6.42. The SMILES string of the molecule is CCC[C@H](Nc1nc(-c2c(C)noc2C)ccc1[N+](=O)[O-])c1ccccc1. The van der Waals surface area contributed by atoms with E-state index < -0.39 is 4.92 Å². The lowest BCUT2D eigenvalue weighted by Crippen LogP contribution is -2.13. The highest BCUT2D eigenvalue weighted by molar-refractivity contribution is 5.69. The van der Waals surface area contributed by atoms with Gasteiger partial charge in [0.05, 0.1) is 27.9 Å². The molecule has 2 aromatic heterocycles. The zero-order valence-corrected chi connectivity index (χ0v) is 15.6. The van der Waals surface area contributed by atoms with Gasteiger partial charge in [0.1, 0.15) is 5.76 Å². The Morgan fingerprint density at radius 2 is 1.93 bits per heavy atom. The fraction of sp³-hybridized carbons (Fsp3) is 0.300. The second kappa shape index (κ2) is 7.99. The van der Waals surface area contributed by atoms with Crippen molar-refractivity contribution < 1.29 is 9.45 Å². The van der Waals surface area contributed by atoms with Crippen LogP contribution in [0.1, 0.15) is 42.8 Å². The fourth-order valence-corrected chi connectivity index (χ4v) is 3.15. The highest BCUT2D eigenvalue weighted by atomic mass is 16.6. The summed E-state index contributed by atoms with van der Waals surface area (Å²) in [4.78, 5) is 15.7. The van der Waals surface area contributed by atoms with Gasteiger partial charge in [-0.05, 0) is 31.9 Å². The van der Waals surface area contributed by atoms with Gasteiger partial charge in [-0.25, -0.2) is 4.98 Å². The molecule has 0 aliphatic heterocycles. The first kappa shape index (κ1) is 18.6. The minimum atomic E-state index is -0.416. The number of hydrogen-bond acceptors (Lipinski definition) is 6. The first-order valence-electron chi connectivity index (χ1n) is 8.91. The van der Waals surface area contributed by atoms with Gasteiger partial charge < -0.3 is 9.84 Å². The molecule has 0 fully saturated rings. The van der Waals surface area contributed by atoms with Crippen LogP contribution in [-0.4, -0.2) is 15.1 Å². The number of nitro groups is 1. The first-order valence-corrected chi connectivity index (χ1v) is 8.91. The summed E-state index contributed by atoms with van der Waals surface area (Å²) in [5.41, 5.74) is 3.08. The van der Waals surface area contributed by atoms with Crippen LogP contribution in [0.25, 0.3) is 11.3 Å². The standard InChI is InChI=1S/C20H22N4O3/c1-4-8-16(15-9-6-5-7-10-15)21-20-18(24(25)26)12-11-17(22-20)19-13(2)23-27-14(19)3/h5-7,9-12,16H,4,8H2,1-3H3,(H,21,22)/t16-/m0/s1. The Morgan fingerprint density at radius 1 is 1.19 bits per heavy atom. The van der Waals surface area contributed by atoms with Crippen LogP contribution in [0.5, 0.6) is 0 Å². The Bertz CT molecular complexity index is 918. The zero-order valence-electron chi connectivity index (χ0n) is 15.6. The van der Waals surface area contributed by atoms with E-state index in [0.717, 1.165) is 24.0 Å². The second-order valence-electron chi connectivity index (χ2n) is 6.42. The molecule has 1 N–H and O–H groups in total. The van der Waals surface area contributed by atoms with E-state index in [1.54, 1.807) is 13.0 Å². The van der Waals surface area contributed by atoms with E-state index >= 15 is 0 Å². The molecule has 0 amide bonds. The van der Waals surface area contributed by atoms with E-state index in [2.05, 4.69) is 22.4 Å². The van der Waals surface area contributed by atoms with Crippen LogP contribution in [0.2, 0.25) is 0 Å². The van der Waals surface area contributed by atoms with E-state index in [-0.39, 0.29) is 17.5 Å². The lowest BCUT2D eigenvalue weighted by atomic mass is 10.0. The van der Waals surface area contributed by atoms with Crippen molar-refractivity contribution in [3.05, 3.63) is 69.6 Å². The number of nitrogens with one attached hydrogen (secondary N) is 1. The molecule has 1 atom stereocenters. The summed E-state index contributed by atoms with van der Waals surface area (Å²) in [6.07, 6.45) is 1.77. The lowest BCUT2D eigenvalue weighted by Gasteiger charge is -2.19. The number of pyridine rings is 1. The van der Waals surface area contributed by atoms with Gasteiger partial charge in [0.25, 0.3) is 0 Å². The molecule has 0 spiro atoms. The van der Waals surface area contributed by atoms with E-state index in [4.69, 9.17) is 4.52 Å². The molecule has 7 nitrogen and oxygen atoms in total. The Balaban J connectivity index is 2.04. The van der Waals surface area contributed by atoms with E-state index in [0.29, 0.717) is 17.1 Å². The molecule has 140 valence electrons. The van der Waals surface area contributed by atoms with Crippen molar-refractivity contribution in [2.75, 3.05) is 5.32 Å². The highest BCUT2D eigenvalue weighted by Gasteiger charge is 2.22. The molecular formula is C20H22N4O3. The Kier molecular flexibility index (Phi) is 5.49. The minimum Gasteiger partial charge on any atom is -0.361 e. The van der Waals surface area contributed by atoms with Gasteiger partial charge in [-0.3, -0.25) is 10.1 Å². The maximum atomic E-state index is 11.5. The Hall–Kier alpha value is -3.22. The molecule has 0 saturated heterocycles. The number of rotatable bonds is 7. The summed E-state index contributed by atoms with van der Waals surface area (Å²) >= 11 is 0. The number of hydrogen-bond donors (Lipinski definition) is 1. The van der Waals surface area contributed by atoms with Crippen LogP contribution < -0.4 is 5.32 Å². The lowest BCUT2D eigenvalue weighted by molar-refractivity contribution is -0.384. The van der Waals surface area contributed by atoms with Crippen LogP contribution in [0.4, 0.5) is 11.5 Å². The predicted molar refractivity (Wildman–Crippen MR) is 104 cm³/mol. The Labute approximate surface area is 157 Å². The summed E-state index contributed by atoms with van der Waals surface area (Å²) < 4.78 is 5.21. The molecule has 3 rings (SSSR count). The van der Waals surface area contributed by atoms with Crippen LogP contribution in [0, 0.1) is 24.0 Å². The third kappa shape index (κ3) is 3.97. The summed E-state index contributed by atoms with van der Waals surface area (Å²) in [5, 5.41) is 18.8. The minimum absolute atomic E-state index is 0.0532. The number of aromatic nitrogens is 2. The topological polar surface area (TPSA) is 94.1 Å². The largest absolute Gasteiger partial charge is 0.361 e. The molecule has 0 saturated carbocycles. The van der Waals surface area contributed by atoms with Gasteiger partial charge in [0, 0.05) is 6.07 Å². The molecule has 0 aliphatic rings. The van der Waals surface area contributed by atoms with Crippen molar-refractivity contribution in [3.63, 3.8) is 0 Å². The number of aryl methyl sites for hydroxylation is 2. The zero-order chi connectivity index (χ0) is 19.4. The van der Waals surface area contributed by atoms with Gasteiger partial charge in [-0.2, -0.15) is 0 Å². The van der Waals surface area contributed by atoms with Crippen molar-refractivity contribution in [1.29, 1.82) is 0 Å². The van der Waals surface area contributed by atoms with Crippen molar-refractivity contribution in [1.82, 2.24) is 10.1 Å². The third-order valence-electron chi connectivity index (χ3n) is 4.45. The highest BCUT2D eigenvalue weighted by Crippen LogP contribution is 2.33. The van der Waals surface area contributed by atoms with Gasteiger partial charge in [0.2, 0.25) is 5.82 Å². The van der Waals surface area contributed by atoms with Crippen LogP contribution >= 0.6 is 0 Å².